The van der Waals surface area contributed by atoms with Crippen molar-refractivity contribution in [2.24, 2.45) is 74.9 Å². The molecule has 0 saturated heterocycles. The van der Waals surface area contributed by atoms with Gasteiger partial charge in [-0.05, 0) is 69.7 Å². The lowest BCUT2D eigenvalue weighted by atomic mass is 9.87. The predicted molar refractivity (Wildman–Crippen MR) is 228 cm³/mol. The number of hydrogen-bond acceptors (Lipinski definition) is 11. The molecule has 0 radical (unpaired) electrons. The molecular formula is C41H74N10O9. The van der Waals surface area contributed by atoms with E-state index in [1.165, 1.54) is 6.92 Å². The third kappa shape index (κ3) is 24.2. The number of amides is 6. The van der Waals surface area contributed by atoms with Crippen LogP contribution >= 0.6 is 0 Å². The molecule has 6 amide bonds. The number of ketones is 3. The van der Waals surface area contributed by atoms with Crippen molar-refractivity contribution >= 4 is 58.8 Å². The van der Waals surface area contributed by atoms with Gasteiger partial charge in [0.05, 0.1) is 18.1 Å². The van der Waals surface area contributed by atoms with E-state index < -0.39 is 88.8 Å². The smallest absolute Gasteiger partial charge is 0.224 e. The first-order chi connectivity index (χ1) is 28.0. The average Bonchev–Trinajstić information content (AvgIpc) is 3.14. The molecule has 0 heterocycles. The van der Waals surface area contributed by atoms with Gasteiger partial charge >= 0.3 is 0 Å². The van der Waals surface area contributed by atoms with Gasteiger partial charge in [-0.3, -0.25) is 48.1 Å². The van der Waals surface area contributed by atoms with E-state index in [0.717, 1.165) is 0 Å². The summed E-state index contributed by atoms with van der Waals surface area (Å²) in [5.74, 6) is -8.34. The highest BCUT2D eigenvalue weighted by Crippen LogP contribution is 2.21. The van der Waals surface area contributed by atoms with E-state index in [2.05, 4.69) is 20.9 Å². The minimum Gasteiger partial charge on any atom is -0.370 e. The summed E-state index contributed by atoms with van der Waals surface area (Å²) in [6.07, 6.45) is 1.31. The summed E-state index contributed by atoms with van der Waals surface area (Å²) in [5.41, 5.74) is 32.8. The Kier molecular flexibility index (Phi) is 26.9. The van der Waals surface area contributed by atoms with Crippen LogP contribution < -0.4 is 50.4 Å². The number of unbranched alkanes of at least 4 members (excludes halogenated alkanes) is 1. The fraction of sp³-hybridized carbons (Fsp3) is 0.756. The monoisotopic (exact) mass is 851 g/mol. The first-order valence-corrected chi connectivity index (χ1v) is 21.1. The molecule has 0 aromatic rings. The van der Waals surface area contributed by atoms with Gasteiger partial charge in [-0.25, -0.2) is 0 Å². The fourth-order valence-corrected chi connectivity index (χ4v) is 6.60. The van der Waals surface area contributed by atoms with Gasteiger partial charge in [0.1, 0.15) is 0 Å². The molecule has 0 aromatic carbocycles. The first-order valence-electron chi connectivity index (χ1n) is 21.1. The lowest BCUT2D eigenvalue weighted by molar-refractivity contribution is -0.135. The van der Waals surface area contributed by atoms with E-state index in [0.29, 0.717) is 32.2 Å². The second-order valence-electron chi connectivity index (χ2n) is 16.8. The molecule has 0 aliphatic heterocycles. The molecule has 15 N–H and O–H groups in total. The van der Waals surface area contributed by atoms with Crippen molar-refractivity contribution in [3.05, 3.63) is 0 Å². The van der Waals surface area contributed by atoms with Crippen LogP contribution in [0, 0.1) is 35.5 Å². The van der Waals surface area contributed by atoms with Crippen LogP contribution in [0.3, 0.4) is 0 Å². The van der Waals surface area contributed by atoms with Crippen LogP contribution in [0.2, 0.25) is 0 Å². The van der Waals surface area contributed by atoms with E-state index in [4.69, 9.17) is 34.4 Å². The summed E-state index contributed by atoms with van der Waals surface area (Å²) in [4.78, 5) is 120. The van der Waals surface area contributed by atoms with E-state index in [-0.39, 0.29) is 94.3 Å². The SMILES string of the molecule is CC(C)C[C@H](CC(=O)[C@H](CC(C)C)NC(=O)[C@@H](CCCCN)CC(=O)[C@H](CCCN=C(N)N)NC(=O)[C@H](C)CC(=O)[C@H](CCC(N)=O)NC(=O)[C@@H](C)CCC(N)=O)C(N)=O. The van der Waals surface area contributed by atoms with Crippen LogP contribution in [0.1, 0.15) is 131 Å². The molecule has 19 heteroatoms. The molecule has 0 fully saturated rings. The molecule has 19 nitrogen and oxygen atoms in total. The molecular weight excluding hydrogens is 777 g/mol. The van der Waals surface area contributed by atoms with Gasteiger partial charge in [-0.1, -0.05) is 48.0 Å². The van der Waals surface area contributed by atoms with Crippen LogP contribution in [0.5, 0.6) is 0 Å². The van der Waals surface area contributed by atoms with Crippen LogP contribution in [0.4, 0.5) is 0 Å². The first kappa shape index (κ1) is 55.1. The zero-order chi connectivity index (χ0) is 46.1. The maximum absolute atomic E-state index is 14.0. The number of rotatable bonds is 34. The number of hydrogen-bond donors (Lipinski definition) is 9. The van der Waals surface area contributed by atoms with Crippen LogP contribution in [0.15, 0.2) is 4.99 Å². The number of nitrogens with two attached hydrogens (primary N) is 6. The maximum Gasteiger partial charge on any atom is 0.224 e. The average molecular weight is 851 g/mol. The van der Waals surface area contributed by atoms with Gasteiger partial charge in [0.25, 0.3) is 0 Å². The molecule has 0 bridgehead atoms. The molecule has 0 aromatic heterocycles. The number of carbonyl (C=O) groups is 9. The quantitative estimate of drug-likeness (QED) is 0.0237. The van der Waals surface area contributed by atoms with E-state index in [1.54, 1.807) is 6.92 Å². The standard InChI is InChI=1S/C41H74N10O9/c1-23(2)18-28(37(45)57)22-34(54)31(19-24(3)4)51-40(60)27(10-7-8-16-42)21-33(53)29(11-9-17-48-41(46)47)49-39(59)26(6)20-32(52)30(13-15-36(44)56)50-38(58)25(5)12-14-35(43)55/h23-31H,7-22,42H2,1-6H3,(H2,43,55)(H2,44,56)(H2,45,57)(H,49,59)(H,50,58)(H,51,60)(H4,46,47,48)/t25-,26+,27-,28+,29-,30-,31-/m0/s1. The zero-order valence-electron chi connectivity index (χ0n) is 36.6. The normalized spacial score (nSPS) is 14.8. The minimum absolute atomic E-state index is 0.000998. The molecule has 60 heavy (non-hydrogen) atoms. The van der Waals surface area contributed by atoms with Crippen LogP contribution in [0.25, 0.3) is 0 Å². The Bertz CT molecular complexity index is 1480. The predicted octanol–water partition coefficient (Wildman–Crippen LogP) is 0.114. The van der Waals surface area contributed by atoms with Crippen molar-refractivity contribution in [3.8, 4) is 0 Å². The van der Waals surface area contributed by atoms with Crippen LogP contribution in [-0.4, -0.2) is 90.0 Å². The molecule has 0 unspecified atom stereocenters. The molecule has 342 valence electrons. The van der Waals surface area contributed by atoms with Gasteiger partial charge in [-0.2, -0.15) is 0 Å². The highest BCUT2D eigenvalue weighted by molar-refractivity contribution is 5.97. The van der Waals surface area contributed by atoms with Gasteiger partial charge in [-0.15, -0.1) is 0 Å². The zero-order valence-corrected chi connectivity index (χ0v) is 36.6. The Morgan fingerprint density at radius 3 is 1.50 bits per heavy atom. The number of Topliss-reactive ketones (excluding diaryl/α,β-unsaturated/α-hetero) is 3. The summed E-state index contributed by atoms with van der Waals surface area (Å²) in [6.45, 7) is 11.1. The maximum atomic E-state index is 14.0. The van der Waals surface area contributed by atoms with E-state index >= 15 is 0 Å². The molecule has 0 spiro atoms. The third-order valence-corrected chi connectivity index (χ3v) is 10.1. The second kappa shape index (κ2) is 29.3. The largest absolute Gasteiger partial charge is 0.370 e. The van der Waals surface area contributed by atoms with E-state index in [1.807, 2.05) is 27.7 Å². The van der Waals surface area contributed by atoms with Crippen LogP contribution in [-0.2, 0) is 43.2 Å². The number of nitrogens with zero attached hydrogens (tertiary/aromatic N) is 1. The van der Waals surface area contributed by atoms with Gasteiger partial charge < -0.3 is 50.4 Å². The Hall–Kier alpha value is -4.94. The van der Waals surface area contributed by atoms with Gasteiger partial charge in [0.15, 0.2) is 23.3 Å². The summed E-state index contributed by atoms with van der Waals surface area (Å²) in [5, 5.41) is 8.16. The summed E-state index contributed by atoms with van der Waals surface area (Å²) >= 11 is 0. The summed E-state index contributed by atoms with van der Waals surface area (Å²) in [7, 11) is 0. The number of nitrogens with one attached hydrogen (secondary N) is 3. The molecule has 0 aliphatic rings. The van der Waals surface area contributed by atoms with Crippen molar-refractivity contribution in [1.82, 2.24) is 16.0 Å². The van der Waals surface area contributed by atoms with Crippen molar-refractivity contribution < 1.29 is 43.2 Å². The Morgan fingerprint density at radius 2 is 0.983 bits per heavy atom. The number of guanidine groups is 1. The fourth-order valence-electron chi connectivity index (χ4n) is 6.60. The summed E-state index contributed by atoms with van der Waals surface area (Å²) < 4.78 is 0. The van der Waals surface area contributed by atoms with Crippen molar-refractivity contribution in [2.75, 3.05) is 13.1 Å². The molecule has 7 atom stereocenters. The molecule has 0 aliphatic carbocycles. The number of carbonyl (C=O) groups excluding carboxylic acids is 9. The van der Waals surface area contributed by atoms with Gasteiger partial charge in [0, 0.05) is 62.3 Å². The minimum atomic E-state index is -1.16. The number of aliphatic imine (C=N–C) groups is 1. The van der Waals surface area contributed by atoms with Crippen molar-refractivity contribution in [1.29, 1.82) is 0 Å². The van der Waals surface area contributed by atoms with E-state index in [9.17, 15) is 43.2 Å². The van der Waals surface area contributed by atoms with Gasteiger partial charge in [0.2, 0.25) is 35.4 Å². The number of primary amides is 3. The lowest BCUT2D eigenvalue weighted by Gasteiger charge is -2.26. The highest BCUT2D eigenvalue weighted by Gasteiger charge is 2.33. The molecule has 0 saturated carbocycles. The lowest BCUT2D eigenvalue weighted by Crippen LogP contribution is -2.48. The Balaban J connectivity index is 6.32. The highest BCUT2D eigenvalue weighted by atomic mass is 16.2. The topological polar surface area (TPSA) is 358 Å². The van der Waals surface area contributed by atoms with Crippen molar-refractivity contribution in [2.45, 2.75) is 150 Å². The Labute approximate surface area is 354 Å². The van der Waals surface area contributed by atoms with Crippen molar-refractivity contribution in [3.63, 3.8) is 0 Å². The Morgan fingerprint density at radius 1 is 0.500 bits per heavy atom. The second-order valence-corrected chi connectivity index (χ2v) is 16.8. The molecule has 0 rings (SSSR count). The summed E-state index contributed by atoms with van der Waals surface area (Å²) in [6, 6.07) is -3.21. The third-order valence-electron chi connectivity index (χ3n) is 10.1.